The van der Waals surface area contributed by atoms with Crippen molar-refractivity contribution in [1.82, 2.24) is 0 Å². The van der Waals surface area contributed by atoms with E-state index in [4.69, 9.17) is 16.3 Å². The molecule has 0 saturated heterocycles. The van der Waals surface area contributed by atoms with Crippen molar-refractivity contribution in [1.29, 1.82) is 0 Å². The van der Waals surface area contributed by atoms with Gasteiger partial charge in [-0.3, -0.25) is 0 Å². The van der Waals surface area contributed by atoms with Crippen LogP contribution < -0.4 is 4.74 Å². The summed E-state index contributed by atoms with van der Waals surface area (Å²) in [5.74, 6) is 0.845. The van der Waals surface area contributed by atoms with Gasteiger partial charge in [0.05, 0.1) is 12.1 Å². The van der Waals surface area contributed by atoms with E-state index in [1.807, 2.05) is 25.3 Å². The van der Waals surface area contributed by atoms with Crippen molar-refractivity contribution >= 4 is 23.4 Å². The molecular weight excluding hydrogens is 192 g/mol. The Balaban J connectivity index is 3.20. The maximum absolute atomic E-state index is 6.08. The lowest BCUT2D eigenvalue weighted by Crippen LogP contribution is -1.88. The maximum Gasteiger partial charge on any atom is 0.123 e. The van der Waals surface area contributed by atoms with Crippen LogP contribution in [-0.4, -0.2) is 13.4 Å². The van der Waals surface area contributed by atoms with Crippen molar-refractivity contribution < 1.29 is 4.74 Å². The molecule has 0 radical (unpaired) electrons. The number of hydrogen-bond acceptors (Lipinski definition) is 2. The van der Waals surface area contributed by atoms with Gasteiger partial charge >= 0.3 is 0 Å². The predicted molar refractivity (Wildman–Crippen MR) is 54.5 cm³/mol. The van der Waals surface area contributed by atoms with E-state index < -0.39 is 0 Å². The molecule has 0 aliphatic carbocycles. The molecule has 0 saturated carbocycles. The van der Waals surface area contributed by atoms with Crippen LogP contribution >= 0.6 is 23.4 Å². The van der Waals surface area contributed by atoms with E-state index >= 15 is 0 Å². The molecule has 0 atom stereocenters. The zero-order valence-corrected chi connectivity index (χ0v) is 8.92. The first-order valence-electron chi connectivity index (χ1n) is 3.57. The number of hydrogen-bond donors (Lipinski definition) is 0. The molecule has 0 heterocycles. The Labute approximate surface area is 82.1 Å². The highest BCUT2D eigenvalue weighted by Gasteiger charge is 2.06. The van der Waals surface area contributed by atoms with Crippen molar-refractivity contribution in [3.8, 4) is 5.75 Å². The second-order valence-electron chi connectivity index (χ2n) is 2.41. The van der Waals surface area contributed by atoms with Gasteiger partial charge in [-0.2, -0.15) is 0 Å². The highest BCUT2D eigenvalue weighted by molar-refractivity contribution is 7.98. The van der Waals surface area contributed by atoms with Crippen molar-refractivity contribution in [2.75, 3.05) is 13.4 Å². The quantitative estimate of drug-likeness (QED) is 0.680. The molecule has 0 fully saturated rings. The second-order valence-corrected chi connectivity index (χ2v) is 3.64. The van der Waals surface area contributed by atoms with Gasteiger partial charge in [-0.25, -0.2) is 0 Å². The molecule has 0 spiro atoms. The summed E-state index contributed by atoms with van der Waals surface area (Å²) in [7, 11) is 1.65. The zero-order chi connectivity index (χ0) is 9.14. The summed E-state index contributed by atoms with van der Waals surface area (Å²) in [6.07, 6.45) is 2.01. The van der Waals surface area contributed by atoms with Gasteiger partial charge in [-0.15, -0.1) is 11.8 Å². The fourth-order valence-corrected chi connectivity index (χ4v) is 1.95. The van der Waals surface area contributed by atoms with Crippen molar-refractivity contribution in [3.05, 3.63) is 22.7 Å². The number of methoxy groups -OCH3 is 1. The lowest BCUT2D eigenvalue weighted by molar-refractivity contribution is 0.411. The minimum Gasteiger partial charge on any atom is -0.496 e. The number of benzene rings is 1. The van der Waals surface area contributed by atoms with Gasteiger partial charge in [0.15, 0.2) is 0 Å². The topological polar surface area (TPSA) is 9.23 Å². The normalized spacial score (nSPS) is 10.0. The van der Waals surface area contributed by atoms with E-state index in [1.54, 1.807) is 18.9 Å². The van der Waals surface area contributed by atoms with E-state index in [-0.39, 0.29) is 0 Å². The number of thioether (sulfide) groups is 1. The summed E-state index contributed by atoms with van der Waals surface area (Å²) in [6.45, 7) is 1.96. The van der Waals surface area contributed by atoms with Gasteiger partial charge in [-0.1, -0.05) is 11.6 Å². The van der Waals surface area contributed by atoms with E-state index in [2.05, 4.69) is 0 Å². The molecule has 66 valence electrons. The Morgan fingerprint density at radius 2 is 2.08 bits per heavy atom. The van der Waals surface area contributed by atoms with Gasteiger partial charge in [-0.05, 0) is 25.3 Å². The first kappa shape index (κ1) is 9.75. The average Bonchev–Trinajstić information content (AvgIpc) is 2.10. The van der Waals surface area contributed by atoms with E-state index in [0.29, 0.717) is 0 Å². The molecule has 0 aliphatic rings. The fraction of sp³-hybridized carbons (Fsp3) is 0.333. The van der Waals surface area contributed by atoms with E-state index in [0.717, 1.165) is 21.2 Å². The Morgan fingerprint density at radius 1 is 1.42 bits per heavy atom. The van der Waals surface area contributed by atoms with Crippen molar-refractivity contribution in [3.63, 3.8) is 0 Å². The first-order valence-corrected chi connectivity index (χ1v) is 5.18. The Hall–Kier alpha value is -0.340. The van der Waals surface area contributed by atoms with Gasteiger partial charge in [0.1, 0.15) is 5.75 Å². The number of halogens is 1. The van der Waals surface area contributed by atoms with Gasteiger partial charge in [0.2, 0.25) is 0 Å². The first-order chi connectivity index (χ1) is 5.70. The fourth-order valence-electron chi connectivity index (χ4n) is 1.02. The van der Waals surface area contributed by atoms with Crippen LogP contribution in [0, 0.1) is 6.92 Å². The maximum atomic E-state index is 6.08. The largest absolute Gasteiger partial charge is 0.496 e. The molecular formula is C9H11ClOS. The summed E-state index contributed by atoms with van der Waals surface area (Å²) in [6, 6.07) is 3.91. The third kappa shape index (κ3) is 1.70. The molecule has 0 amide bonds. The van der Waals surface area contributed by atoms with Crippen LogP contribution in [0.3, 0.4) is 0 Å². The number of ether oxygens (including phenoxy) is 1. The molecule has 12 heavy (non-hydrogen) atoms. The van der Waals surface area contributed by atoms with Crippen LogP contribution in [0.1, 0.15) is 5.56 Å². The summed E-state index contributed by atoms with van der Waals surface area (Å²) < 4.78 is 5.13. The van der Waals surface area contributed by atoms with Crippen LogP contribution in [0.5, 0.6) is 5.75 Å². The van der Waals surface area contributed by atoms with Crippen LogP contribution in [0.4, 0.5) is 0 Å². The minimum absolute atomic E-state index is 0.793. The highest BCUT2D eigenvalue weighted by atomic mass is 35.5. The third-order valence-electron chi connectivity index (χ3n) is 1.74. The Morgan fingerprint density at radius 3 is 2.58 bits per heavy atom. The van der Waals surface area contributed by atoms with E-state index in [9.17, 15) is 0 Å². The summed E-state index contributed by atoms with van der Waals surface area (Å²) in [5, 5.41) is 0.793. The van der Waals surface area contributed by atoms with Crippen molar-refractivity contribution in [2.24, 2.45) is 0 Å². The van der Waals surface area contributed by atoms with Crippen LogP contribution in [0.25, 0.3) is 0 Å². The summed E-state index contributed by atoms with van der Waals surface area (Å²) in [5.41, 5.74) is 1.01. The lowest BCUT2D eigenvalue weighted by Gasteiger charge is -2.08. The van der Waals surface area contributed by atoms with Gasteiger partial charge in [0, 0.05) is 10.5 Å². The monoisotopic (exact) mass is 202 g/mol. The summed E-state index contributed by atoms with van der Waals surface area (Å²) in [4.78, 5) is 1.09. The molecule has 0 N–H and O–H groups in total. The standard InChI is InChI=1S/C9H11ClOS/c1-6-7(11-2)4-5-8(12-3)9(6)10/h4-5H,1-3H3. The van der Waals surface area contributed by atoms with E-state index in [1.165, 1.54) is 0 Å². The van der Waals surface area contributed by atoms with Crippen molar-refractivity contribution in [2.45, 2.75) is 11.8 Å². The highest BCUT2D eigenvalue weighted by Crippen LogP contribution is 2.33. The Kier molecular flexibility index (Phi) is 3.29. The molecule has 1 aromatic rings. The molecule has 0 aromatic heterocycles. The predicted octanol–water partition coefficient (Wildman–Crippen LogP) is 3.38. The van der Waals surface area contributed by atoms with Crippen LogP contribution in [-0.2, 0) is 0 Å². The van der Waals surface area contributed by atoms with Gasteiger partial charge in [0.25, 0.3) is 0 Å². The lowest BCUT2D eigenvalue weighted by atomic mass is 10.2. The van der Waals surface area contributed by atoms with Gasteiger partial charge < -0.3 is 4.74 Å². The molecule has 0 unspecified atom stereocenters. The SMILES string of the molecule is COc1ccc(SC)c(Cl)c1C. The molecule has 3 heteroatoms. The Bertz CT molecular complexity index is 257. The molecule has 1 nitrogen and oxygen atoms in total. The molecule has 0 aliphatic heterocycles. The summed E-state index contributed by atoms with van der Waals surface area (Å²) >= 11 is 7.72. The number of rotatable bonds is 2. The third-order valence-corrected chi connectivity index (χ3v) is 3.12. The van der Waals surface area contributed by atoms with Crippen LogP contribution in [0.15, 0.2) is 17.0 Å². The molecule has 1 rings (SSSR count). The zero-order valence-electron chi connectivity index (χ0n) is 7.35. The smallest absolute Gasteiger partial charge is 0.123 e. The second kappa shape index (κ2) is 4.06. The minimum atomic E-state index is 0.793. The van der Waals surface area contributed by atoms with Crippen LogP contribution in [0.2, 0.25) is 5.02 Å². The molecule has 1 aromatic carbocycles. The molecule has 0 bridgehead atoms. The average molecular weight is 203 g/mol.